The molecule has 3 heterocycles. The minimum atomic E-state index is -0.681. The number of thioether (sulfide) groups is 2. The lowest BCUT2D eigenvalue weighted by Crippen LogP contribution is -2.08. The minimum absolute atomic E-state index is 0.0324. The number of carbonyl (C=O) groups is 1. The second-order valence-corrected chi connectivity index (χ2v) is 8.92. The van der Waals surface area contributed by atoms with E-state index in [0.29, 0.717) is 27.3 Å². The van der Waals surface area contributed by atoms with Crippen LogP contribution in [0.1, 0.15) is 16.1 Å². The molecule has 0 radical (unpaired) electrons. The SMILES string of the molecule is COc1cccc(C(=O)c2ccnc(SC)n2)c1F.COc1cccc2c(-c3ccnc(SC)n3)noc12. The van der Waals surface area contributed by atoms with Crippen molar-refractivity contribution in [1.29, 1.82) is 0 Å². The molecule has 0 fully saturated rings. The molecule has 0 unspecified atom stereocenters. The number of rotatable bonds is 7. The van der Waals surface area contributed by atoms with E-state index in [2.05, 4.69) is 25.1 Å². The standard InChI is InChI=1S/C13H11FN2O2S.C13H11N3O2S/c1-18-10-5-3-4-8(11(10)14)12(17)9-6-7-15-13(16-9)19-2;1-17-10-5-3-4-8-11(16-18-12(8)10)9-6-7-14-13(15-9)19-2/h2*3-7H,1-2H3. The Hall–Kier alpha value is -4.03. The third-order valence-corrected chi connectivity index (χ3v) is 6.34. The Labute approximate surface area is 226 Å². The number of benzene rings is 2. The first kappa shape index (κ1) is 27.0. The van der Waals surface area contributed by atoms with Gasteiger partial charge in [-0.2, -0.15) is 0 Å². The third-order valence-electron chi connectivity index (χ3n) is 5.22. The highest BCUT2D eigenvalue weighted by atomic mass is 32.2. The molecule has 0 aliphatic carbocycles. The van der Waals surface area contributed by atoms with Crippen molar-refractivity contribution >= 4 is 40.3 Å². The van der Waals surface area contributed by atoms with Crippen molar-refractivity contribution in [2.75, 3.05) is 26.7 Å². The van der Waals surface area contributed by atoms with Crippen molar-refractivity contribution in [3.63, 3.8) is 0 Å². The van der Waals surface area contributed by atoms with Crippen molar-refractivity contribution in [3.8, 4) is 22.9 Å². The molecule has 0 atom stereocenters. The molecule has 2 aromatic carbocycles. The van der Waals surface area contributed by atoms with Crippen molar-refractivity contribution in [3.05, 3.63) is 78.0 Å². The van der Waals surface area contributed by atoms with E-state index < -0.39 is 11.6 Å². The summed E-state index contributed by atoms with van der Waals surface area (Å²) in [5.74, 6) is -0.478. The number of para-hydroxylation sites is 1. The van der Waals surface area contributed by atoms with Gasteiger partial charge in [0.2, 0.25) is 11.4 Å². The molecule has 194 valence electrons. The molecular formula is C26H22FN5O4S2. The molecule has 3 aromatic heterocycles. The topological polar surface area (TPSA) is 113 Å². The molecule has 0 spiro atoms. The summed E-state index contributed by atoms with van der Waals surface area (Å²) < 4.78 is 29.5. The lowest BCUT2D eigenvalue weighted by atomic mass is 10.1. The fourth-order valence-corrected chi connectivity index (χ4v) is 4.11. The second kappa shape index (κ2) is 12.5. The van der Waals surface area contributed by atoms with Gasteiger partial charge in [0.05, 0.1) is 30.9 Å². The molecule has 0 aliphatic heterocycles. The molecule has 5 aromatic rings. The van der Waals surface area contributed by atoms with Gasteiger partial charge in [-0.1, -0.05) is 40.8 Å². The second-order valence-electron chi connectivity index (χ2n) is 7.38. The first-order valence-electron chi connectivity index (χ1n) is 11.0. The van der Waals surface area contributed by atoms with Gasteiger partial charge in [-0.3, -0.25) is 4.79 Å². The summed E-state index contributed by atoms with van der Waals surface area (Å²) in [4.78, 5) is 28.8. The fourth-order valence-electron chi connectivity index (χ4n) is 3.40. The normalized spacial score (nSPS) is 10.6. The predicted octanol–water partition coefficient (Wildman–Crippen LogP) is 5.59. The van der Waals surface area contributed by atoms with Gasteiger partial charge in [0.25, 0.3) is 0 Å². The summed E-state index contributed by atoms with van der Waals surface area (Å²) in [5.41, 5.74) is 2.17. The highest BCUT2D eigenvalue weighted by molar-refractivity contribution is 7.98. The summed E-state index contributed by atoms with van der Waals surface area (Å²) >= 11 is 2.80. The number of hydrogen-bond acceptors (Lipinski definition) is 11. The van der Waals surface area contributed by atoms with Gasteiger partial charge in [0, 0.05) is 12.4 Å². The Bertz CT molecular complexity index is 1580. The summed E-state index contributed by atoms with van der Waals surface area (Å²) in [6.07, 6.45) is 6.93. The molecule has 12 heteroatoms. The van der Waals surface area contributed by atoms with Crippen molar-refractivity contribution in [2.45, 2.75) is 10.3 Å². The number of methoxy groups -OCH3 is 2. The largest absolute Gasteiger partial charge is 0.494 e. The van der Waals surface area contributed by atoms with Crippen LogP contribution in [-0.2, 0) is 0 Å². The van der Waals surface area contributed by atoms with Gasteiger partial charge in [-0.05, 0) is 48.9 Å². The number of halogens is 1. The van der Waals surface area contributed by atoms with Crippen molar-refractivity contribution < 1.29 is 23.2 Å². The minimum Gasteiger partial charge on any atom is -0.494 e. The van der Waals surface area contributed by atoms with Gasteiger partial charge in [0.1, 0.15) is 11.4 Å². The predicted molar refractivity (Wildman–Crippen MR) is 144 cm³/mol. The Morgan fingerprint density at radius 3 is 2.24 bits per heavy atom. The average molecular weight is 552 g/mol. The molecule has 5 rings (SSSR count). The van der Waals surface area contributed by atoms with E-state index in [1.165, 1.54) is 55.0 Å². The molecule has 38 heavy (non-hydrogen) atoms. The zero-order valence-corrected chi connectivity index (χ0v) is 22.5. The lowest BCUT2D eigenvalue weighted by Gasteiger charge is -2.06. The summed E-state index contributed by atoms with van der Waals surface area (Å²) in [6, 6.07) is 13.4. The van der Waals surface area contributed by atoms with Crippen molar-refractivity contribution in [2.24, 2.45) is 0 Å². The van der Waals surface area contributed by atoms with Crippen LogP contribution in [0, 0.1) is 5.82 Å². The van der Waals surface area contributed by atoms with Crippen LogP contribution < -0.4 is 9.47 Å². The molecular weight excluding hydrogens is 529 g/mol. The quantitative estimate of drug-likeness (QED) is 0.143. The number of ether oxygens (including phenoxy) is 2. The highest BCUT2D eigenvalue weighted by Gasteiger charge is 2.19. The summed E-state index contributed by atoms with van der Waals surface area (Å²) in [5, 5.41) is 6.15. The van der Waals surface area contributed by atoms with Gasteiger partial charge in [0.15, 0.2) is 27.6 Å². The number of nitrogens with zero attached hydrogens (tertiary/aromatic N) is 5. The van der Waals surface area contributed by atoms with Crippen molar-refractivity contribution in [1.82, 2.24) is 25.1 Å². The first-order chi connectivity index (χ1) is 18.5. The summed E-state index contributed by atoms with van der Waals surface area (Å²) in [7, 11) is 2.96. The van der Waals surface area contributed by atoms with E-state index in [9.17, 15) is 9.18 Å². The van der Waals surface area contributed by atoms with E-state index in [0.717, 1.165) is 11.1 Å². The van der Waals surface area contributed by atoms with E-state index >= 15 is 0 Å². The van der Waals surface area contributed by atoms with E-state index in [4.69, 9.17) is 14.0 Å². The van der Waals surface area contributed by atoms with Crippen LogP contribution in [0.25, 0.3) is 22.4 Å². The van der Waals surface area contributed by atoms with E-state index in [-0.39, 0.29) is 17.0 Å². The Kier molecular flexibility index (Phi) is 8.87. The van der Waals surface area contributed by atoms with E-state index in [1.54, 1.807) is 25.6 Å². The van der Waals surface area contributed by atoms with Gasteiger partial charge in [-0.25, -0.2) is 24.3 Å². The fraction of sp³-hybridized carbons (Fsp3) is 0.154. The maximum absolute atomic E-state index is 14.0. The molecule has 0 aliphatic rings. The molecule has 0 saturated heterocycles. The van der Waals surface area contributed by atoms with Crippen LogP contribution in [0.2, 0.25) is 0 Å². The van der Waals surface area contributed by atoms with Crippen LogP contribution >= 0.6 is 23.5 Å². The zero-order valence-electron chi connectivity index (χ0n) is 20.8. The van der Waals surface area contributed by atoms with E-state index in [1.807, 2.05) is 30.5 Å². The van der Waals surface area contributed by atoms with Crippen LogP contribution in [0.3, 0.4) is 0 Å². The monoisotopic (exact) mass is 551 g/mol. The lowest BCUT2D eigenvalue weighted by molar-refractivity contribution is 0.102. The van der Waals surface area contributed by atoms with Gasteiger partial charge < -0.3 is 14.0 Å². The highest BCUT2D eigenvalue weighted by Crippen LogP contribution is 2.32. The Balaban J connectivity index is 0.000000177. The smallest absolute Gasteiger partial charge is 0.214 e. The van der Waals surface area contributed by atoms with Crippen LogP contribution in [0.5, 0.6) is 11.5 Å². The number of fused-ring (bicyclic) bond motifs is 1. The average Bonchev–Trinajstić information content (AvgIpc) is 3.42. The molecule has 0 bridgehead atoms. The maximum atomic E-state index is 14.0. The van der Waals surface area contributed by atoms with Gasteiger partial charge >= 0.3 is 0 Å². The maximum Gasteiger partial charge on any atom is 0.214 e. The molecule has 9 nitrogen and oxygen atoms in total. The van der Waals surface area contributed by atoms with Crippen LogP contribution in [0.15, 0.2) is 75.8 Å². The first-order valence-corrected chi connectivity index (χ1v) is 13.5. The molecule has 0 amide bonds. The van der Waals surface area contributed by atoms with Gasteiger partial charge in [-0.15, -0.1) is 0 Å². The number of aromatic nitrogens is 5. The number of carbonyl (C=O) groups excluding carboxylic acids is 1. The van der Waals surface area contributed by atoms with Crippen LogP contribution in [0.4, 0.5) is 4.39 Å². The molecule has 0 N–H and O–H groups in total. The number of ketones is 1. The zero-order chi connectivity index (χ0) is 27.1. The summed E-state index contributed by atoms with van der Waals surface area (Å²) in [6.45, 7) is 0. The Morgan fingerprint density at radius 2 is 1.53 bits per heavy atom. The Morgan fingerprint density at radius 1 is 0.868 bits per heavy atom. The number of hydrogen-bond donors (Lipinski definition) is 0. The van der Waals surface area contributed by atoms with Crippen LogP contribution in [-0.4, -0.2) is 57.6 Å². The third kappa shape index (κ3) is 5.76. The molecule has 0 saturated carbocycles.